The van der Waals surface area contributed by atoms with Crippen LogP contribution in [0.4, 0.5) is 0 Å². The lowest BCUT2D eigenvalue weighted by Crippen LogP contribution is -2.26. The number of para-hydroxylation sites is 2. The van der Waals surface area contributed by atoms with Crippen molar-refractivity contribution in [3.8, 4) is 0 Å². The van der Waals surface area contributed by atoms with E-state index in [4.69, 9.17) is 4.98 Å². The molecular formula is C28H25N3O. The number of nitrogens with one attached hydrogen (secondary N) is 1. The van der Waals surface area contributed by atoms with Crippen LogP contribution in [-0.2, 0) is 13.0 Å². The Kier molecular flexibility index (Phi) is 5.42. The molecule has 0 aliphatic rings. The van der Waals surface area contributed by atoms with Crippen molar-refractivity contribution in [3.63, 3.8) is 0 Å². The second-order valence-corrected chi connectivity index (χ2v) is 8.16. The van der Waals surface area contributed by atoms with Gasteiger partial charge in [-0.2, -0.15) is 0 Å². The van der Waals surface area contributed by atoms with Gasteiger partial charge in [0.05, 0.1) is 11.0 Å². The van der Waals surface area contributed by atoms with Gasteiger partial charge in [0, 0.05) is 25.1 Å². The molecule has 5 aromatic rings. The molecular weight excluding hydrogens is 394 g/mol. The standard InChI is InChI=1S/C28H25N3O/c1-20-10-13-23(14-11-20)28(32)29-17-16-27-30-25-8-4-5-9-26(25)31(27)19-21-12-15-22-6-2-3-7-24(22)18-21/h2-15,18H,16-17,19H2,1H3,(H,29,32). The lowest BCUT2D eigenvalue weighted by molar-refractivity contribution is 0.0954. The summed E-state index contributed by atoms with van der Waals surface area (Å²) < 4.78 is 2.26. The van der Waals surface area contributed by atoms with Gasteiger partial charge < -0.3 is 9.88 Å². The van der Waals surface area contributed by atoms with E-state index in [1.54, 1.807) is 0 Å². The van der Waals surface area contributed by atoms with E-state index in [9.17, 15) is 4.79 Å². The Balaban J connectivity index is 1.37. The molecule has 4 aromatic carbocycles. The number of amides is 1. The SMILES string of the molecule is Cc1ccc(C(=O)NCCc2nc3ccccc3n2Cc2ccc3ccccc3c2)cc1. The Morgan fingerprint density at radius 2 is 1.62 bits per heavy atom. The van der Waals surface area contributed by atoms with E-state index in [-0.39, 0.29) is 5.91 Å². The highest BCUT2D eigenvalue weighted by atomic mass is 16.1. The van der Waals surface area contributed by atoms with Crippen molar-refractivity contribution in [2.45, 2.75) is 19.9 Å². The highest BCUT2D eigenvalue weighted by molar-refractivity contribution is 5.94. The van der Waals surface area contributed by atoms with E-state index in [1.807, 2.05) is 49.4 Å². The van der Waals surface area contributed by atoms with Gasteiger partial charge in [-0.05, 0) is 53.6 Å². The van der Waals surface area contributed by atoms with Crippen LogP contribution in [-0.4, -0.2) is 22.0 Å². The molecule has 0 radical (unpaired) electrons. The first-order chi connectivity index (χ1) is 15.7. The molecule has 1 N–H and O–H groups in total. The molecule has 5 rings (SSSR count). The Bertz CT molecular complexity index is 1400. The van der Waals surface area contributed by atoms with Crippen molar-refractivity contribution < 1.29 is 4.79 Å². The summed E-state index contributed by atoms with van der Waals surface area (Å²) in [7, 11) is 0. The minimum absolute atomic E-state index is 0.0535. The number of carbonyl (C=O) groups excluding carboxylic acids is 1. The van der Waals surface area contributed by atoms with Crippen LogP contribution in [0.15, 0.2) is 91.0 Å². The maximum absolute atomic E-state index is 12.5. The minimum atomic E-state index is -0.0535. The number of nitrogens with zero attached hydrogens (tertiary/aromatic N) is 2. The van der Waals surface area contributed by atoms with Crippen LogP contribution in [0, 0.1) is 6.92 Å². The van der Waals surface area contributed by atoms with Crippen molar-refractivity contribution in [1.29, 1.82) is 0 Å². The molecule has 32 heavy (non-hydrogen) atoms. The predicted octanol–water partition coefficient (Wildman–Crippen LogP) is 5.52. The highest BCUT2D eigenvalue weighted by Gasteiger charge is 2.12. The molecule has 0 unspecified atom stereocenters. The number of imidazole rings is 1. The molecule has 0 aliphatic heterocycles. The highest BCUT2D eigenvalue weighted by Crippen LogP contribution is 2.21. The van der Waals surface area contributed by atoms with E-state index in [2.05, 4.69) is 58.4 Å². The van der Waals surface area contributed by atoms with Gasteiger partial charge >= 0.3 is 0 Å². The second kappa shape index (κ2) is 8.67. The molecule has 0 fully saturated rings. The molecule has 1 amide bonds. The minimum Gasteiger partial charge on any atom is -0.352 e. The predicted molar refractivity (Wildman–Crippen MR) is 130 cm³/mol. The van der Waals surface area contributed by atoms with Gasteiger partial charge in [-0.3, -0.25) is 4.79 Å². The lowest BCUT2D eigenvalue weighted by Gasteiger charge is -2.11. The molecule has 0 atom stereocenters. The van der Waals surface area contributed by atoms with Gasteiger partial charge in [-0.25, -0.2) is 4.98 Å². The number of aryl methyl sites for hydroxylation is 1. The van der Waals surface area contributed by atoms with Crippen molar-refractivity contribution in [3.05, 3.63) is 114 Å². The molecule has 0 aliphatic carbocycles. The van der Waals surface area contributed by atoms with Gasteiger partial charge in [0.25, 0.3) is 5.91 Å². The third-order valence-corrected chi connectivity index (χ3v) is 5.84. The first kappa shape index (κ1) is 20.0. The third kappa shape index (κ3) is 4.12. The normalized spacial score (nSPS) is 11.2. The zero-order valence-electron chi connectivity index (χ0n) is 18.1. The maximum Gasteiger partial charge on any atom is 0.251 e. The number of rotatable bonds is 6. The van der Waals surface area contributed by atoms with Crippen molar-refractivity contribution in [2.24, 2.45) is 0 Å². The van der Waals surface area contributed by atoms with E-state index in [0.29, 0.717) is 18.5 Å². The molecule has 0 saturated carbocycles. The molecule has 0 saturated heterocycles. The average Bonchev–Trinajstić information content (AvgIpc) is 3.16. The zero-order chi connectivity index (χ0) is 21.9. The maximum atomic E-state index is 12.5. The fourth-order valence-electron chi connectivity index (χ4n) is 4.11. The van der Waals surface area contributed by atoms with Crippen LogP contribution in [0.3, 0.4) is 0 Å². The summed E-state index contributed by atoms with van der Waals surface area (Å²) in [5.41, 5.74) is 5.15. The molecule has 0 spiro atoms. The topological polar surface area (TPSA) is 46.9 Å². The van der Waals surface area contributed by atoms with Crippen LogP contribution in [0.5, 0.6) is 0 Å². The van der Waals surface area contributed by atoms with Crippen LogP contribution in [0.2, 0.25) is 0 Å². The summed E-state index contributed by atoms with van der Waals surface area (Å²) in [4.78, 5) is 17.3. The Labute approximate surface area is 187 Å². The van der Waals surface area contributed by atoms with E-state index >= 15 is 0 Å². The van der Waals surface area contributed by atoms with Crippen molar-refractivity contribution in [2.75, 3.05) is 6.54 Å². The van der Waals surface area contributed by atoms with Gasteiger partial charge in [0.2, 0.25) is 0 Å². The third-order valence-electron chi connectivity index (χ3n) is 5.84. The second-order valence-electron chi connectivity index (χ2n) is 8.16. The first-order valence-electron chi connectivity index (χ1n) is 10.9. The molecule has 158 valence electrons. The lowest BCUT2D eigenvalue weighted by atomic mass is 10.1. The van der Waals surface area contributed by atoms with E-state index in [1.165, 1.54) is 16.3 Å². The number of fused-ring (bicyclic) bond motifs is 2. The summed E-state index contributed by atoms with van der Waals surface area (Å²) in [5.74, 6) is 0.922. The number of carbonyl (C=O) groups is 1. The molecule has 1 heterocycles. The fraction of sp³-hybridized carbons (Fsp3) is 0.143. The largest absolute Gasteiger partial charge is 0.352 e. The van der Waals surface area contributed by atoms with Crippen LogP contribution in [0.25, 0.3) is 21.8 Å². The summed E-state index contributed by atoms with van der Waals surface area (Å²) in [6, 6.07) is 30.9. The van der Waals surface area contributed by atoms with Gasteiger partial charge in [-0.15, -0.1) is 0 Å². The van der Waals surface area contributed by atoms with Crippen LogP contribution >= 0.6 is 0 Å². The Morgan fingerprint density at radius 1 is 0.875 bits per heavy atom. The monoisotopic (exact) mass is 419 g/mol. The summed E-state index contributed by atoms with van der Waals surface area (Å²) in [6.45, 7) is 3.29. The summed E-state index contributed by atoms with van der Waals surface area (Å²) in [5, 5.41) is 5.51. The summed E-state index contributed by atoms with van der Waals surface area (Å²) in [6.07, 6.45) is 0.667. The molecule has 0 bridgehead atoms. The molecule has 4 heteroatoms. The van der Waals surface area contributed by atoms with Crippen LogP contribution in [0.1, 0.15) is 27.3 Å². The average molecular weight is 420 g/mol. The summed E-state index contributed by atoms with van der Waals surface area (Å²) >= 11 is 0. The van der Waals surface area contributed by atoms with E-state index in [0.717, 1.165) is 29.0 Å². The number of aromatic nitrogens is 2. The van der Waals surface area contributed by atoms with E-state index < -0.39 is 0 Å². The van der Waals surface area contributed by atoms with Gasteiger partial charge in [0.15, 0.2) is 0 Å². The Hall–Kier alpha value is -3.92. The Morgan fingerprint density at radius 3 is 2.47 bits per heavy atom. The quantitative estimate of drug-likeness (QED) is 0.394. The molecule has 1 aromatic heterocycles. The first-order valence-corrected chi connectivity index (χ1v) is 10.9. The molecule has 4 nitrogen and oxygen atoms in total. The smallest absolute Gasteiger partial charge is 0.251 e. The van der Waals surface area contributed by atoms with Crippen molar-refractivity contribution in [1.82, 2.24) is 14.9 Å². The number of hydrogen-bond donors (Lipinski definition) is 1. The number of hydrogen-bond acceptors (Lipinski definition) is 2. The van der Waals surface area contributed by atoms with Crippen LogP contribution < -0.4 is 5.32 Å². The van der Waals surface area contributed by atoms with Gasteiger partial charge in [0.1, 0.15) is 5.82 Å². The van der Waals surface area contributed by atoms with Gasteiger partial charge in [-0.1, -0.05) is 66.2 Å². The fourth-order valence-corrected chi connectivity index (χ4v) is 4.11. The van der Waals surface area contributed by atoms with Crippen molar-refractivity contribution >= 4 is 27.7 Å². The zero-order valence-corrected chi connectivity index (χ0v) is 18.1. The number of benzene rings is 4.